The van der Waals surface area contributed by atoms with Crippen molar-refractivity contribution in [2.24, 2.45) is 21.9 Å². The summed E-state index contributed by atoms with van der Waals surface area (Å²) in [6, 6.07) is 12.9. The number of hydrazone groups is 1. The van der Waals surface area contributed by atoms with Crippen LogP contribution >= 0.6 is 23.7 Å². The highest BCUT2D eigenvalue weighted by Gasteiger charge is 2.20. The van der Waals surface area contributed by atoms with Crippen LogP contribution in [0.2, 0.25) is 0 Å². The number of rotatable bonds is 5. The maximum absolute atomic E-state index is 5.98. The maximum Gasteiger partial charge on any atom is 0.168 e. The Morgan fingerprint density at radius 1 is 1.15 bits per heavy atom. The highest BCUT2D eigenvalue weighted by Crippen LogP contribution is 2.37. The van der Waals surface area contributed by atoms with E-state index in [0.717, 1.165) is 39.6 Å². The summed E-state index contributed by atoms with van der Waals surface area (Å²) in [6.45, 7) is 2.17. The fraction of sp³-hybridized carbons (Fsp3) is 0.316. The zero-order chi connectivity index (χ0) is 19.2. The van der Waals surface area contributed by atoms with Crippen molar-refractivity contribution in [3.63, 3.8) is 0 Å². The van der Waals surface area contributed by atoms with E-state index in [-0.39, 0.29) is 0 Å². The summed E-state index contributed by atoms with van der Waals surface area (Å²) in [6.07, 6.45) is 4.38. The van der Waals surface area contributed by atoms with Crippen LogP contribution in [0, 0.1) is 0 Å². The Labute approximate surface area is 168 Å². The third-order valence-electron chi connectivity index (χ3n) is 4.99. The molecule has 1 aliphatic rings. The average Bonchev–Trinajstić information content (AvgIpc) is 2.75. The van der Waals surface area contributed by atoms with Gasteiger partial charge in [-0.15, -0.1) is 11.8 Å². The van der Waals surface area contributed by atoms with Gasteiger partial charge in [0.2, 0.25) is 0 Å². The van der Waals surface area contributed by atoms with Gasteiger partial charge < -0.3 is 16.6 Å². The molecule has 0 bridgehead atoms. The van der Waals surface area contributed by atoms with Gasteiger partial charge in [0.15, 0.2) is 5.84 Å². The van der Waals surface area contributed by atoms with Gasteiger partial charge in [-0.25, -0.2) is 5.84 Å². The van der Waals surface area contributed by atoms with Crippen molar-refractivity contribution >= 4 is 29.5 Å². The highest BCUT2D eigenvalue weighted by molar-refractivity contribution is 8.01. The van der Waals surface area contributed by atoms with Gasteiger partial charge in [-0.1, -0.05) is 30.3 Å². The lowest BCUT2D eigenvalue weighted by atomic mass is 9.88. The molecule has 0 spiro atoms. The van der Waals surface area contributed by atoms with Gasteiger partial charge in [0.1, 0.15) is 0 Å². The topological polar surface area (TPSA) is 114 Å². The van der Waals surface area contributed by atoms with Crippen LogP contribution in [0.15, 0.2) is 51.3 Å². The largest absolute Gasteiger partial charge is 0.321 e. The van der Waals surface area contributed by atoms with E-state index in [2.05, 4.69) is 52.2 Å². The molecular formula is C19H26N6S2. The molecule has 8 N–H and O–H groups in total. The number of amidine groups is 1. The lowest BCUT2D eigenvalue weighted by molar-refractivity contribution is 0.460. The van der Waals surface area contributed by atoms with Crippen LogP contribution in [0.3, 0.4) is 0 Å². The number of thioether (sulfide) groups is 1. The van der Waals surface area contributed by atoms with Crippen LogP contribution in [0.4, 0.5) is 0 Å². The van der Waals surface area contributed by atoms with E-state index >= 15 is 0 Å². The zero-order valence-electron chi connectivity index (χ0n) is 15.4. The van der Waals surface area contributed by atoms with Gasteiger partial charge in [0.25, 0.3) is 0 Å². The number of nitrogens with one attached hydrogen (secondary N) is 2. The summed E-state index contributed by atoms with van der Waals surface area (Å²) >= 11 is 2.81. The molecule has 0 aliphatic carbocycles. The number of benzene rings is 2. The van der Waals surface area contributed by atoms with Crippen molar-refractivity contribution in [2.45, 2.75) is 28.6 Å². The second kappa shape index (κ2) is 9.48. The number of hydrogen-bond donors (Lipinski definition) is 5. The monoisotopic (exact) mass is 402 g/mol. The van der Waals surface area contributed by atoms with Crippen molar-refractivity contribution in [3.8, 4) is 11.1 Å². The first-order chi connectivity index (χ1) is 13.2. The van der Waals surface area contributed by atoms with Gasteiger partial charge in [0, 0.05) is 15.4 Å². The molecular weight excluding hydrogens is 376 g/mol. The predicted octanol–water partition coefficient (Wildman–Crippen LogP) is 2.59. The smallest absolute Gasteiger partial charge is 0.168 e. The second-order valence-electron chi connectivity index (χ2n) is 6.41. The molecule has 6 nitrogen and oxygen atoms in total. The van der Waals surface area contributed by atoms with E-state index in [0.29, 0.717) is 11.8 Å². The minimum Gasteiger partial charge on any atom is -0.321 e. The molecule has 0 radical (unpaired) electrons. The SMILES string of the molecule is CSc1ccc(-c2ccc(C3CCNCC3)cc2)c(/C(=N/N)NN)c1SN. The predicted molar refractivity (Wildman–Crippen MR) is 117 cm³/mol. The molecule has 3 rings (SSSR count). The van der Waals surface area contributed by atoms with Crippen molar-refractivity contribution in [1.82, 2.24) is 10.7 Å². The van der Waals surface area contributed by atoms with Crippen molar-refractivity contribution in [2.75, 3.05) is 19.3 Å². The van der Waals surface area contributed by atoms with Crippen molar-refractivity contribution in [3.05, 3.63) is 47.5 Å². The highest BCUT2D eigenvalue weighted by atomic mass is 32.2. The summed E-state index contributed by atoms with van der Waals surface area (Å²) < 4.78 is 0. The molecule has 0 atom stereocenters. The fourth-order valence-electron chi connectivity index (χ4n) is 3.58. The number of hydrogen-bond acceptors (Lipinski definition) is 7. The molecule has 1 saturated heterocycles. The van der Waals surface area contributed by atoms with Crippen molar-refractivity contribution in [1.29, 1.82) is 0 Å². The first-order valence-electron chi connectivity index (χ1n) is 8.87. The van der Waals surface area contributed by atoms with E-state index in [4.69, 9.17) is 16.8 Å². The van der Waals surface area contributed by atoms with Crippen molar-refractivity contribution < 1.29 is 0 Å². The summed E-state index contributed by atoms with van der Waals surface area (Å²) in [5.74, 6) is 12.3. The Balaban J connectivity index is 2.05. The summed E-state index contributed by atoms with van der Waals surface area (Å²) in [7, 11) is 0. The molecule has 0 aromatic heterocycles. The molecule has 1 aliphatic heterocycles. The molecule has 0 saturated carbocycles. The number of piperidine rings is 1. The normalized spacial score (nSPS) is 15.7. The van der Waals surface area contributed by atoms with E-state index in [9.17, 15) is 0 Å². The van der Waals surface area contributed by atoms with Crippen LogP contribution in [0.5, 0.6) is 0 Å². The molecule has 27 heavy (non-hydrogen) atoms. The third kappa shape index (κ3) is 4.25. The molecule has 2 aromatic carbocycles. The minimum absolute atomic E-state index is 0.413. The summed E-state index contributed by atoms with van der Waals surface area (Å²) in [5, 5.41) is 13.2. The first kappa shape index (κ1) is 20.0. The number of hydrazine groups is 1. The molecule has 2 aromatic rings. The van der Waals surface area contributed by atoms with E-state index in [1.54, 1.807) is 11.8 Å². The fourth-order valence-corrected chi connectivity index (χ4v) is 4.98. The van der Waals surface area contributed by atoms with Crippen LogP contribution < -0.4 is 27.6 Å². The molecule has 1 fully saturated rings. The molecule has 0 amide bonds. The third-order valence-corrected chi connectivity index (χ3v) is 6.56. The lowest BCUT2D eigenvalue weighted by Gasteiger charge is -2.23. The molecule has 144 valence electrons. The Kier molecular flexibility index (Phi) is 7.03. The molecule has 0 unspecified atom stereocenters. The Morgan fingerprint density at radius 3 is 2.41 bits per heavy atom. The van der Waals surface area contributed by atoms with E-state index in [1.807, 2.05) is 6.26 Å². The number of nitrogens with two attached hydrogens (primary N) is 3. The lowest BCUT2D eigenvalue weighted by Crippen LogP contribution is -2.33. The zero-order valence-corrected chi connectivity index (χ0v) is 17.0. The van der Waals surface area contributed by atoms with Gasteiger partial charge >= 0.3 is 0 Å². The molecule has 1 heterocycles. The Morgan fingerprint density at radius 2 is 1.85 bits per heavy atom. The minimum atomic E-state index is 0.413. The van der Waals surface area contributed by atoms with Crippen LogP contribution in [0.25, 0.3) is 11.1 Å². The van der Waals surface area contributed by atoms with Gasteiger partial charge in [0.05, 0.1) is 0 Å². The van der Waals surface area contributed by atoms with E-state index < -0.39 is 0 Å². The van der Waals surface area contributed by atoms with E-state index in [1.165, 1.54) is 30.4 Å². The van der Waals surface area contributed by atoms with Gasteiger partial charge in [-0.2, -0.15) is 5.10 Å². The van der Waals surface area contributed by atoms with Gasteiger partial charge in [-0.3, -0.25) is 5.14 Å². The Bertz CT molecular complexity index is 801. The van der Waals surface area contributed by atoms with Gasteiger partial charge in [-0.05, 0) is 72.8 Å². The average molecular weight is 403 g/mol. The second-order valence-corrected chi connectivity index (χ2v) is 7.90. The standard InChI is InChI=1S/C19H26N6S2/c1-26-16-7-6-15(17(18(16)27-22)19(24-20)25-21)14-4-2-12(3-5-14)13-8-10-23-11-9-13/h2-7,13,23H,8-11,20-22H2,1H3,(H,24,25). The molecule has 8 heteroatoms. The van der Waals surface area contributed by atoms with Crippen LogP contribution in [-0.2, 0) is 0 Å². The summed E-state index contributed by atoms with van der Waals surface area (Å²) in [5.41, 5.74) is 6.91. The maximum atomic E-state index is 5.98. The number of nitrogens with zero attached hydrogens (tertiary/aromatic N) is 1. The first-order valence-corrected chi connectivity index (χ1v) is 11.0. The van der Waals surface area contributed by atoms with Crippen LogP contribution in [-0.4, -0.2) is 25.2 Å². The van der Waals surface area contributed by atoms with Crippen LogP contribution in [0.1, 0.15) is 29.9 Å². The quantitative estimate of drug-likeness (QED) is 0.130. The summed E-state index contributed by atoms with van der Waals surface area (Å²) in [4.78, 5) is 1.97. The Hall–Kier alpha value is -1.71.